The maximum absolute atomic E-state index is 12.6. The van der Waals surface area contributed by atoms with Gasteiger partial charge >= 0.3 is 11.8 Å². The Bertz CT molecular complexity index is 845. The third-order valence-electron chi connectivity index (χ3n) is 5.15. The first-order valence-electron chi connectivity index (χ1n) is 9.65. The highest BCUT2D eigenvalue weighted by Crippen LogP contribution is 2.28. The summed E-state index contributed by atoms with van der Waals surface area (Å²) in [6.07, 6.45) is 0. The van der Waals surface area contributed by atoms with E-state index in [1.54, 1.807) is 19.1 Å². The van der Waals surface area contributed by atoms with Gasteiger partial charge in [0.1, 0.15) is 11.5 Å². The minimum atomic E-state index is -0.584. The van der Waals surface area contributed by atoms with Crippen molar-refractivity contribution in [2.45, 2.75) is 13.0 Å². The van der Waals surface area contributed by atoms with Gasteiger partial charge in [0.2, 0.25) is 0 Å². The topological polar surface area (TPSA) is 71.1 Å². The van der Waals surface area contributed by atoms with E-state index in [-0.39, 0.29) is 6.04 Å². The number of para-hydroxylation sites is 2. The van der Waals surface area contributed by atoms with Crippen LogP contribution in [0, 0.1) is 0 Å². The van der Waals surface area contributed by atoms with Crippen LogP contribution in [-0.4, -0.2) is 57.1 Å². The van der Waals surface area contributed by atoms with Crippen molar-refractivity contribution in [1.82, 2.24) is 10.2 Å². The number of carbonyl (C=O) groups is 2. The number of anilines is 1. The van der Waals surface area contributed by atoms with Crippen molar-refractivity contribution in [3.8, 4) is 11.5 Å². The van der Waals surface area contributed by atoms with E-state index < -0.39 is 11.8 Å². The van der Waals surface area contributed by atoms with Gasteiger partial charge in [-0.05, 0) is 36.8 Å². The molecule has 1 atom stereocenters. The van der Waals surface area contributed by atoms with Crippen LogP contribution < -0.4 is 19.7 Å². The van der Waals surface area contributed by atoms with Crippen LogP contribution in [0.15, 0.2) is 48.5 Å². The summed E-state index contributed by atoms with van der Waals surface area (Å²) in [6.45, 7) is 4.12. The van der Waals surface area contributed by atoms with Gasteiger partial charge in [-0.15, -0.1) is 0 Å². The molecule has 0 spiro atoms. The first kappa shape index (κ1) is 20.5. The van der Waals surface area contributed by atoms with Gasteiger partial charge < -0.3 is 24.6 Å². The van der Waals surface area contributed by atoms with Crippen LogP contribution in [0.1, 0.15) is 18.5 Å². The van der Waals surface area contributed by atoms with E-state index in [0.717, 1.165) is 22.7 Å². The molecule has 0 radical (unpaired) electrons. The number of rotatable bonds is 5. The van der Waals surface area contributed by atoms with E-state index in [2.05, 4.69) is 10.2 Å². The molecular formula is C22H27N3O4. The van der Waals surface area contributed by atoms with Crippen LogP contribution in [-0.2, 0) is 9.59 Å². The Morgan fingerprint density at radius 2 is 1.59 bits per heavy atom. The predicted molar refractivity (Wildman–Crippen MR) is 111 cm³/mol. The van der Waals surface area contributed by atoms with Crippen molar-refractivity contribution in [1.29, 1.82) is 0 Å². The second-order valence-electron chi connectivity index (χ2n) is 6.92. The predicted octanol–water partition coefficient (Wildman–Crippen LogP) is 2.23. The van der Waals surface area contributed by atoms with Gasteiger partial charge in [0.15, 0.2) is 0 Å². The summed E-state index contributed by atoms with van der Waals surface area (Å²) in [5.41, 5.74) is 1.91. The zero-order valence-electron chi connectivity index (χ0n) is 17.1. The van der Waals surface area contributed by atoms with Gasteiger partial charge in [-0.25, -0.2) is 0 Å². The normalized spacial score (nSPS) is 14.9. The molecule has 1 unspecified atom stereocenters. The number of hydrogen-bond donors (Lipinski definition) is 1. The van der Waals surface area contributed by atoms with Gasteiger partial charge in [-0.2, -0.15) is 0 Å². The highest BCUT2D eigenvalue weighted by molar-refractivity contribution is 6.35. The molecule has 0 saturated carbocycles. The highest BCUT2D eigenvalue weighted by atomic mass is 16.5. The first-order chi connectivity index (χ1) is 14.0. The van der Waals surface area contributed by atoms with Crippen LogP contribution >= 0.6 is 0 Å². The average molecular weight is 397 g/mol. The maximum atomic E-state index is 12.6. The SMILES string of the molecule is COc1ccc(C(C)NC(=O)C(=O)N2CCN(c3ccccc3OC)CC2)cc1. The van der Waals surface area contributed by atoms with E-state index in [9.17, 15) is 9.59 Å². The molecule has 154 valence electrons. The lowest BCUT2D eigenvalue weighted by molar-refractivity contribution is -0.146. The fourth-order valence-electron chi connectivity index (χ4n) is 3.42. The summed E-state index contributed by atoms with van der Waals surface area (Å²) >= 11 is 0. The minimum absolute atomic E-state index is 0.271. The molecule has 7 nitrogen and oxygen atoms in total. The molecule has 2 amide bonds. The molecule has 0 aliphatic carbocycles. The van der Waals surface area contributed by atoms with Gasteiger partial charge in [0, 0.05) is 26.2 Å². The van der Waals surface area contributed by atoms with Gasteiger partial charge in [0.25, 0.3) is 0 Å². The Hall–Kier alpha value is -3.22. The summed E-state index contributed by atoms with van der Waals surface area (Å²) in [5, 5.41) is 2.79. The third-order valence-corrected chi connectivity index (χ3v) is 5.15. The lowest BCUT2D eigenvalue weighted by Gasteiger charge is -2.36. The smallest absolute Gasteiger partial charge is 0.312 e. The quantitative estimate of drug-likeness (QED) is 0.784. The molecule has 1 aliphatic rings. The Morgan fingerprint density at radius 1 is 0.931 bits per heavy atom. The third kappa shape index (κ3) is 4.80. The lowest BCUT2D eigenvalue weighted by Crippen LogP contribution is -2.53. The van der Waals surface area contributed by atoms with Crippen molar-refractivity contribution in [2.75, 3.05) is 45.3 Å². The zero-order valence-corrected chi connectivity index (χ0v) is 17.1. The van der Waals surface area contributed by atoms with E-state index in [4.69, 9.17) is 9.47 Å². The van der Waals surface area contributed by atoms with Crippen LogP contribution in [0.4, 0.5) is 5.69 Å². The summed E-state index contributed by atoms with van der Waals surface area (Å²) in [4.78, 5) is 28.8. The molecule has 0 bridgehead atoms. The number of methoxy groups -OCH3 is 2. The van der Waals surface area contributed by atoms with Gasteiger partial charge in [-0.1, -0.05) is 24.3 Å². The molecule has 3 rings (SSSR count). The molecule has 29 heavy (non-hydrogen) atoms. The fourth-order valence-corrected chi connectivity index (χ4v) is 3.42. The molecule has 1 N–H and O–H groups in total. The van der Waals surface area contributed by atoms with E-state index in [1.165, 1.54) is 0 Å². The fraction of sp³-hybridized carbons (Fsp3) is 0.364. The summed E-state index contributed by atoms with van der Waals surface area (Å²) < 4.78 is 10.6. The van der Waals surface area contributed by atoms with E-state index in [0.29, 0.717) is 26.2 Å². The van der Waals surface area contributed by atoms with Crippen LogP contribution in [0.2, 0.25) is 0 Å². The van der Waals surface area contributed by atoms with Crippen molar-refractivity contribution in [3.63, 3.8) is 0 Å². The molecule has 1 aliphatic heterocycles. The number of hydrogen-bond acceptors (Lipinski definition) is 5. The highest BCUT2D eigenvalue weighted by Gasteiger charge is 2.27. The molecule has 1 fully saturated rings. The first-order valence-corrected chi connectivity index (χ1v) is 9.65. The number of amides is 2. The zero-order chi connectivity index (χ0) is 20.8. The maximum Gasteiger partial charge on any atom is 0.312 e. The number of piperazine rings is 1. The number of carbonyl (C=O) groups excluding carboxylic acids is 2. The van der Waals surface area contributed by atoms with Crippen molar-refractivity contribution in [3.05, 3.63) is 54.1 Å². The van der Waals surface area contributed by atoms with Crippen molar-refractivity contribution >= 4 is 17.5 Å². The van der Waals surface area contributed by atoms with Crippen molar-refractivity contribution in [2.24, 2.45) is 0 Å². The number of nitrogens with zero attached hydrogens (tertiary/aromatic N) is 2. The molecule has 2 aromatic carbocycles. The van der Waals surface area contributed by atoms with E-state index in [1.807, 2.05) is 55.5 Å². The summed E-state index contributed by atoms with van der Waals surface area (Å²) in [6, 6.07) is 14.9. The Kier molecular flexibility index (Phi) is 6.59. The van der Waals surface area contributed by atoms with E-state index >= 15 is 0 Å². The number of benzene rings is 2. The Balaban J connectivity index is 1.55. The van der Waals surface area contributed by atoms with Gasteiger partial charge in [-0.3, -0.25) is 9.59 Å². The number of nitrogens with one attached hydrogen (secondary N) is 1. The second kappa shape index (κ2) is 9.32. The summed E-state index contributed by atoms with van der Waals surface area (Å²) in [5.74, 6) is 0.471. The van der Waals surface area contributed by atoms with Crippen LogP contribution in [0.25, 0.3) is 0 Å². The van der Waals surface area contributed by atoms with Gasteiger partial charge in [0.05, 0.1) is 25.9 Å². The largest absolute Gasteiger partial charge is 0.497 e. The standard InChI is InChI=1S/C22H27N3O4/c1-16(17-8-10-18(28-2)11-9-17)23-21(26)22(27)25-14-12-24(13-15-25)19-6-4-5-7-20(19)29-3/h4-11,16H,12-15H2,1-3H3,(H,23,26). The molecule has 0 aromatic heterocycles. The molecular weight excluding hydrogens is 370 g/mol. The number of ether oxygens (including phenoxy) is 2. The summed E-state index contributed by atoms with van der Waals surface area (Å²) in [7, 11) is 3.25. The molecule has 1 heterocycles. The monoisotopic (exact) mass is 397 g/mol. The average Bonchev–Trinajstić information content (AvgIpc) is 2.78. The second-order valence-corrected chi connectivity index (χ2v) is 6.92. The molecule has 2 aromatic rings. The van der Waals surface area contributed by atoms with Crippen molar-refractivity contribution < 1.29 is 19.1 Å². The van der Waals surface area contributed by atoms with Crippen LogP contribution in [0.3, 0.4) is 0 Å². The Morgan fingerprint density at radius 3 is 2.21 bits per heavy atom. The Labute approximate surface area is 171 Å². The molecule has 7 heteroatoms. The lowest BCUT2D eigenvalue weighted by atomic mass is 10.1. The minimum Gasteiger partial charge on any atom is -0.497 e. The van der Waals surface area contributed by atoms with Crippen LogP contribution in [0.5, 0.6) is 11.5 Å². The molecule has 1 saturated heterocycles.